The summed E-state index contributed by atoms with van der Waals surface area (Å²) in [6.45, 7) is 2.63. The van der Waals surface area contributed by atoms with Gasteiger partial charge in [0.15, 0.2) is 0 Å². The van der Waals surface area contributed by atoms with Gasteiger partial charge in [-0.1, -0.05) is 50.1 Å². The maximum absolute atomic E-state index is 11.7. The van der Waals surface area contributed by atoms with Crippen molar-refractivity contribution in [2.45, 2.75) is 77.2 Å². The maximum Gasteiger partial charge on any atom is 0.382 e. The lowest BCUT2D eigenvalue weighted by molar-refractivity contribution is -0.133. The van der Waals surface area contributed by atoms with E-state index in [1.165, 1.54) is 6.07 Å². The molecule has 0 heterocycles. The average molecular weight is 553 g/mol. The Kier molecular flexibility index (Phi) is 13.7. The zero-order chi connectivity index (χ0) is 28.0. The van der Waals surface area contributed by atoms with Gasteiger partial charge in [-0.3, -0.25) is 10.1 Å². The Hall–Kier alpha value is -2.54. The van der Waals surface area contributed by atoms with E-state index >= 15 is 0 Å². The number of aliphatic hydroxyl groups excluding tert-OH is 2. The Labute approximate surface area is 225 Å². The van der Waals surface area contributed by atoms with Crippen molar-refractivity contribution >= 4 is 16.3 Å². The van der Waals surface area contributed by atoms with Crippen molar-refractivity contribution in [3.05, 3.63) is 64.7 Å². The minimum Gasteiger partial charge on any atom is -0.508 e. The molecule has 0 fully saturated rings. The molecule has 2 aromatic carbocycles. The molecular formula is C27H40N2O8S. The van der Waals surface area contributed by atoms with Crippen molar-refractivity contribution in [1.29, 1.82) is 0 Å². The fourth-order valence-electron chi connectivity index (χ4n) is 4.00. The highest BCUT2D eigenvalue weighted by atomic mass is 32.2. The molecular weight excluding hydrogens is 512 g/mol. The van der Waals surface area contributed by atoms with Gasteiger partial charge < -0.3 is 24.2 Å². The second kappa shape index (κ2) is 16.4. The van der Waals surface area contributed by atoms with Crippen LogP contribution in [0.3, 0.4) is 0 Å². The molecule has 10 nitrogen and oxygen atoms in total. The van der Waals surface area contributed by atoms with Gasteiger partial charge in [0.25, 0.3) is 0 Å². The van der Waals surface area contributed by atoms with Crippen LogP contribution in [-0.4, -0.2) is 49.1 Å². The van der Waals surface area contributed by atoms with Crippen LogP contribution >= 0.6 is 0 Å². The second-order valence-corrected chi connectivity index (χ2v) is 10.4. The van der Waals surface area contributed by atoms with E-state index in [9.17, 15) is 28.5 Å². The Morgan fingerprint density at radius 3 is 2.55 bits per heavy atom. The summed E-state index contributed by atoms with van der Waals surface area (Å²) in [4.78, 5) is 11.7. The molecule has 2 atom stereocenters. The smallest absolute Gasteiger partial charge is 0.382 e. The fourth-order valence-corrected chi connectivity index (χ4v) is 4.32. The lowest BCUT2D eigenvalue weighted by Gasteiger charge is -2.22. The van der Waals surface area contributed by atoms with Gasteiger partial charge in [-0.05, 0) is 60.9 Å². The Balaban J connectivity index is 1.79. The number of unbranched alkanes of at least 4 members (excludes halogenated alkanes) is 3. The van der Waals surface area contributed by atoms with Crippen LogP contribution in [0.5, 0.6) is 5.75 Å². The summed E-state index contributed by atoms with van der Waals surface area (Å²) < 4.78 is 32.0. The molecule has 0 aliphatic heterocycles. The number of nitrogens with two attached hydrogens (primary N) is 1. The van der Waals surface area contributed by atoms with Gasteiger partial charge in [0.05, 0.1) is 19.1 Å². The number of carbonyl (C=O) groups is 1. The Bertz CT molecular complexity index is 1110. The molecule has 212 valence electrons. The van der Waals surface area contributed by atoms with Crippen molar-refractivity contribution < 1.29 is 37.5 Å². The number of nitrogens with one attached hydrogen (secondary N) is 1. The zero-order valence-electron chi connectivity index (χ0n) is 21.8. The van der Waals surface area contributed by atoms with Crippen LogP contribution in [0.25, 0.3) is 0 Å². The number of hydrogen-bond acceptors (Lipinski definition) is 9. The lowest BCUT2D eigenvalue weighted by Crippen LogP contribution is -2.35. The molecule has 2 aromatic rings. The first kappa shape index (κ1) is 31.7. The van der Waals surface area contributed by atoms with Crippen molar-refractivity contribution in [2.24, 2.45) is 5.14 Å². The molecule has 0 saturated carbocycles. The molecule has 0 aliphatic carbocycles. The van der Waals surface area contributed by atoms with Gasteiger partial charge >= 0.3 is 16.3 Å². The van der Waals surface area contributed by atoms with E-state index in [1.54, 1.807) is 18.2 Å². The van der Waals surface area contributed by atoms with Crippen molar-refractivity contribution in [2.75, 3.05) is 13.2 Å². The third-order valence-electron chi connectivity index (χ3n) is 6.00. The number of aliphatic hydroxyl groups is 2. The lowest BCUT2D eigenvalue weighted by atomic mass is 10.0. The molecule has 0 radical (unpaired) electrons. The first-order chi connectivity index (χ1) is 18.1. The van der Waals surface area contributed by atoms with E-state index in [0.717, 1.165) is 50.5 Å². The number of rotatable bonds is 18. The highest BCUT2D eigenvalue weighted by molar-refractivity contribution is 7.84. The van der Waals surface area contributed by atoms with E-state index in [-0.39, 0.29) is 31.5 Å². The van der Waals surface area contributed by atoms with E-state index in [4.69, 9.17) is 9.88 Å². The fraction of sp³-hybridized carbons (Fsp3) is 0.519. The minimum absolute atomic E-state index is 0.00605. The molecule has 2 rings (SSSR count). The largest absolute Gasteiger partial charge is 0.508 e. The number of ether oxygens (including phenoxy) is 1. The molecule has 0 amide bonds. The Morgan fingerprint density at radius 1 is 1.08 bits per heavy atom. The topological polar surface area (TPSA) is 168 Å². The van der Waals surface area contributed by atoms with Crippen LogP contribution in [0, 0.1) is 0 Å². The SMILES string of the molecule is CCCCCC(NC[C@H](O)c1ccc(O)c(CO)c1)OCCCCc1cccc(CC(=O)OS(N)(=O)=O)c1. The number of benzene rings is 2. The number of carbonyl (C=O) groups excluding carboxylic acids is 1. The van der Waals surface area contributed by atoms with Gasteiger partial charge in [0, 0.05) is 18.7 Å². The standard InChI is InChI=1S/C27H40N2O8S/c1-2-3-4-11-26(29-18-25(32)22-12-13-24(31)23(17-22)19-30)36-14-6-5-8-20-9-7-10-21(15-20)16-27(33)37-38(28,34)35/h7,9-10,12-13,15,17,25-26,29-32H,2-6,8,11,14,16,18-19H2,1H3,(H2,28,34,35)/t25-,26?/m0/s1. The van der Waals surface area contributed by atoms with E-state index in [2.05, 4.69) is 16.4 Å². The van der Waals surface area contributed by atoms with Crippen molar-refractivity contribution in [1.82, 2.24) is 5.32 Å². The molecule has 38 heavy (non-hydrogen) atoms. The van der Waals surface area contributed by atoms with Crippen LogP contribution in [0.4, 0.5) is 0 Å². The number of aromatic hydroxyl groups is 1. The molecule has 0 aromatic heterocycles. The van der Waals surface area contributed by atoms with Crippen molar-refractivity contribution in [3.8, 4) is 5.75 Å². The minimum atomic E-state index is -4.32. The summed E-state index contributed by atoms with van der Waals surface area (Å²) in [7, 11) is -4.32. The monoisotopic (exact) mass is 552 g/mol. The summed E-state index contributed by atoms with van der Waals surface area (Å²) in [6.07, 6.45) is 5.21. The summed E-state index contributed by atoms with van der Waals surface area (Å²) >= 11 is 0. The summed E-state index contributed by atoms with van der Waals surface area (Å²) in [5.74, 6) is -0.933. The molecule has 0 bridgehead atoms. The van der Waals surface area contributed by atoms with Crippen LogP contribution < -0.4 is 10.5 Å². The summed E-state index contributed by atoms with van der Waals surface area (Å²) in [6, 6.07) is 12.0. The van der Waals surface area contributed by atoms with Gasteiger partial charge in [-0.2, -0.15) is 13.6 Å². The van der Waals surface area contributed by atoms with E-state index in [0.29, 0.717) is 23.3 Å². The maximum atomic E-state index is 11.7. The van der Waals surface area contributed by atoms with Crippen LogP contribution in [-0.2, 0) is 43.5 Å². The first-order valence-electron chi connectivity index (χ1n) is 12.9. The van der Waals surface area contributed by atoms with Gasteiger partial charge in [0.2, 0.25) is 0 Å². The predicted molar refractivity (Wildman–Crippen MR) is 143 cm³/mol. The number of hydrogen-bond donors (Lipinski definition) is 5. The third-order valence-corrected chi connectivity index (χ3v) is 6.41. The summed E-state index contributed by atoms with van der Waals surface area (Å²) in [5, 5.41) is 37.7. The number of aryl methyl sites for hydroxylation is 1. The summed E-state index contributed by atoms with van der Waals surface area (Å²) in [5.41, 5.74) is 2.63. The third kappa shape index (κ3) is 12.3. The quantitative estimate of drug-likeness (QED) is 0.138. The van der Waals surface area contributed by atoms with Crippen LogP contribution in [0.15, 0.2) is 42.5 Å². The predicted octanol–water partition coefficient (Wildman–Crippen LogP) is 2.74. The van der Waals surface area contributed by atoms with Gasteiger partial charge in [0.1, 0.15) is 12.0 Å². The van der Waals surface area contributed by atoms with Gasteiger partial charge in [-0.15, -0.1) is 0 Å². The molecule has 0 aliphatic rings. The van der Waals surface area contributed by atoms with Crippen molar-refractivity contribution in [3.63, 3.8) is 0 Å². The first-order valence-corrected chi connectivity index (χ1v) is 14.4. The molecule has 6 N–H and O–H groups in total. The second-order valence-electron chi connectivity index (χ2n) is 9.23. The molecule has 0 spiro atoms. The molecule has 1 unspecified atom stereocenters. The molecule has 11 heteroatoms. The molecule has 0 saturated heterocycles. The van der Waals surface area contributed by atoms with E-state index < -0.39 is 22.4 Å². The Morgan fingerprint density at radius 2 is 1.84 bits per heavy atom. The highest BCUT2D eigenvalue weighted by Gasteiger charge is 2.15. The average Bonchev–Trinajstić information content (AvgIpc) is 2.86. The highest BCUT2D eigenvalue weighted by Crippen LogP contribution is 2.22. The number of phenols is 1. The zero-order valence-corrected chi connectivity index (χ0v) is 22.7. The van der Waals surface area contributed by atoms with Crippen LogP contribution in [0.1, 0.15) is 73.8 Å². The van der Waals surface area contributed by atoms with Crippen LogP contribution in [0.2, 0.25) is 0 Å². The van der Waals surface area contributed by atoms with Gasteiger partial charge in [-0.25, -0.2) is 0 Å². The normalized spacial score (nSPS) is 13.3. The van der Waals surface area contributed by atoms with E-state index in [1.807, 2.05) is 18.2 Å².